The maximum Gasteiger partial charge on any atom is 0.270 e. The normalized spacial score (nSPS) is 21.9. The number of hydrogen-bond donors (Lipinski definition) is 1. The van der Waals surface area contributed by atoms with Crippen LogP contribution in [0.4, 0.5) is 0 Å². The van der Waals surface area contributed by atoms with Gasteiger partial charge < -0.3 is 5.32 Å². The molecule has 3 nitrogen and oxygen atoms in total. The Morgan fingerprint density at radius 1 is 1.64 bits per heavy atom. The van der Waals surface area contributed by atoms with Gasteiger partial charge >= 0.3 is 0 Å². The summed E-state index contributed by atoms with van der Waals surface area (Å²) in [7, 11) is 0. The lowest BCUT2D eigenvalue weighted by molar-refractivity contribution is 0.0934. The summed E-state index contributed by atoms with van der Waals surface area (Å²) in [6.07, 6.45) is 2.30. The van der Waals surface area contributed by atoms with Crippen LogP contribution in [0.25, 0.3) is 0 Å². The fraction of sp³-hybridized carbons (Fsp3) is 0.556. The zero-order chi connectivity index (χ0) is 9.80. The minimum Gasteiger partial charge on any atom is -0.347 e. The molecule has 0 spiro atoms. The van der Waals surface area contributed by atoms with Crippen LogP contribution in [-0.4, -0.2) is 28.4 Å². The van der Waals surface area contributed by atoms with Crippen molar-refractivity contribution in [3.63, 3.8) is 0 Å². The van der Waals surface area contributed by atoms with Crippen LogP contribution in [0.5, 0.6) is 0 Å². The lowest BCUT2D eigenvalue weighted by Crippen LogP contribution is -2.38. The smallest absolute Gasteiger partial charge is 0.270 e. The van der Waals surface area contributed by atoms with Crippen molar-refractivity contribution in [2.45, 2.75) is 18.9 Å². The lowest BCUT2D eigenvalue weighted by Gasteiger charge is -2.21. The first-order valence-corrected chi connectivity index (χ1v) is 6.73. The van der Waals surface area contributed by atoms with E-state index in [9.17, 15) is 4.79 Å². The number of amides is 1. The van der Waals surface area contributed by atoms with Gasteiger partial charge in [0.25, 0.3) is 5.91 Å². The van der Waals surface area contributed by atoms with Crippen LogP contribution < -0.4 is 5.32 Å². The minimum absolute atomic E-state index is 0.0289. The van der Waals surface area contributed by atoms with Gasteiger partial charge in [-0.15, -0.1) is 11.3 Å². The highest BCUT2D eigenvalue weighted by Gasteiger charge is 2.17. The van der Waals surface area contributed by atoms with Gasteiger partial charge in [0.1, 0.15) is 5.69 Å². The largest absolute Gasteiger partial charge is 0.347 e. The van der Waals surface area contributed by atoms with E-state index in [1.54, 1.807) is 10.9 Å². The fourth-order valence-corrected chi connectivity index (χ4v) is 3.04. The van der Waals surface area contributed by atoms with E-state index in [4.69, 9.17) is 0 Å². The molecular weight excluding hydrogens is 216 g/mol. The Kier molecular flexibility index (Phi) is 3.42. The van der Waals surface area contributed by atoms with E-state index in [0.29, 0.717) is 11.7 Å². The highest BCUT2D eigenvalue weighted by atomic mass is 32.2. The molecule has 1 N–H and O–H groups in total. The molecule has 1 unspecified atom stereocenters. The Hall–Kier alpha value is -0.550. The van der Waals surface area contributed by atoms with Gasteiger partial charge in [-0.05, 0) is 18.6 Å². The Morgan fingerprint density at radius 3 is 3.21 bits per heavy atom. The number of rotatable bonds is 2. The highest BCUT2D eigenvalue weighted by molar-refractivity contribution is 7.99. The predicted octanol–water partition coefficient (Wildman–Crippen LogP) is 1.77. The van der Waals surface area contributed by atoms with E-state index in [2.05, 4.69) is 10.3 Å². The minimum atomic E-state index is -0.0289. The lowest BCUT2D eigenvalue weighted by atomic mass is 10.2. The Morgan fingerprint density at radius 2 is 2.57 bits per heavy atom. The first-order valence-electron chi connectivity index (χ1n) is 4.63. The number of nitrogens with one attached hydrogen (secondary N) is 1. The van der Waals surface area contributed by atoms with Gasteiger partial charge in [-0.3, -0.25) is 4.79 Å². The van der Waals surface area contributed by atoms with Crippen LogP contribution in [0, 0.1) is 0 Å². The summed E-state index contributed by atoms with van der Waals surface area (Å²) in [5, 5.41) is 4.79. The standard InChI is InChI=1S/C9H12N2OS2/c12-9(8-5-14-6-10-8)11-7-2-1-3-13-4-7/h5-7H,1-4H2,(H,11,12). The van der Waals surface area contributed by atoms with Crippen molar-refractivity contribution in [1.82, 2.24) is 10.3 Å². The molecule has 1 amide bonds. The van der Waals surface area contributed by atoms with Crippen molar-refractivity contribution in [2.75, 3.05) is 11.5 Å². The van der Waals surface area contributed by atoms with Crippen molar-refractivity contribution >= 4 is 29.0 Å². The van der Waals surface area contributed by atoms with Crippen molar-refractivity contribution in [3.05, 3.63) is 16.6 Å². The molecular formula is C9H12N2OS2. The number of carbonyl (C=O) groups excluding carboxylic acids is 1. The first kappa shape index (κ1) is 9.98. The van der Waals surface area contributed by atoms with Crippen molar-refractivity contribution < 1.29 is 4.79 Å². The van der Waals surface area contributed by atoms with Crippen LogP contribution in [-0.2, 0) is 0 Å². The molecule has 2 heterocycles. The molecule has 0 aromatic carbocycles. The third-order valence-electron chi connectivity index (χ3n) is 2.16. The molecule has 0 aliphatic carbocycles. The summed E-state index contributed by atoms with van der Waals surface area (Å²) in [6, 6.07) is 0.336. The van der Waals surface area contributed by atoms with Gasteiger partial charge in [0, 0.05) is 17.2 Å². The monoisotopic (exact) mass is 228 g/mol. The molecule has 2 rings (SSSR count). The molecule has 14 heavy (non-hydrogen) atoms. The van der Waals surface area contributed by atoms with Crippen LogP contribution in [0.2, 0.25) is 0 Å². The molecule has 1 aromatic rings. The van der Waals surface area contributed by atoms with Gasteiger partial charge in [-0.2, -0.15) is 11.8 Å². The summed E-state index contributed by atoms with van der Waals surface area (Å²) >= 11 is 3.36. The quantitative estimate of drug-likeness (QED) is 0.839. The molecule has 5 heteroatoms. The van der Waals surface area contributed by atoms with Gasteiger partial charge in [0.2, 0.25) is 0 Å². The van der Waals surface area contributed by atoms with E-state index in [1.807, 2.05) is 11.8 Å². The van der Waals surface area contributed by atoms with Gasteiger partial charge in [0.15, 0.2) is 0 Å². The van der Waals surface area contributed by atoms with Crippen LogP contribution in [0.15, 0.2) is 10.9 Å². The summed E-state index contributed by atoms with van der Waals surface area (Å²) in [6.45, 7) is 0. The number of hydrogen-bond acceptors (Lipinski definition) is 4. The first-order chi connectivity index (χ1) is 6.86. The molecule has 1 fully saturated rings. The van der Waals surface area contributed by atoms with E-state index >= 15 is 0 Å². The second kappa shape index (κ2) is 4.79. The molecule has 1 aromatic heterocycles. The number of carbonyl (C=O) groups is 1. The van der Waals surface area contributed by atoms with Crippen molar-refractivity contribution in [2.24, 2.45) is 0 Å². The summed E-state index contributed by atoms with van der Waals surface area (Å²) < 4.78 is 0. The van der Waals surface area contributed by atoms with E-state index < -0.39 is 0 Å². The van der Waals surface area contributed by atoms with E-state index in [0.717, 1.165) is 12.2 Å². The molecule has 0 saturated carbocycles. The Labute approximate surface area is 91.3 Å². The number of aromatic nitrogens is 1. The predicted molar refractivity (Wildman–Crippen MR) is 59.9 cm³/mol. The third-order valence-corrected chi connectivity index (χ3v) is 3.96. The zero-order valence-corrected chi connectivity index (χ0v) is 9.37. The number of thiazole rings is 1. The summed E-state index contributed by atoms with van der Waals surface area (Å²) in [5.41, 5.74) is 2.23. The van der Waals surface area contributed by atoms with Gasteiger partial charge in [-0.25, -0.2) is 4.98 Å². The maximum absolute atomic E-state index is 11.6. The molecule has 0 bridgehead atoms. The average molecular weight is 228 g/mol. The summed E-state index contributed by atoms with van der Waals surface area (Å²) in [4.78, 5) is 15.6. The summed E-state index contributed by atoms with van der Waals surface area (Å²) in [5.74, 6) is 2.23. The Bertz CT molecular complexity index is 294. The van der Waals surface area contributed by atoms with Gasteiger partial charge in [-0.1, -0.05) is 0 Å². The number of nitrogens with zero attached hydrogens (tertiary/aromatic N) is 1. The van der Waals surface area contributed by atoms with Gasteiger partial charge in [0.05, 0.1) is 5.51 Å². The molecule has 1 aliphatic heterocycles. The van der Waals surface area contributed by atoms with E-state index in [1.165, 1.54) is 23.5 Å². The SMILES string of the molecule is O=C(NC1CCCSC1)c1cscn1. The van der Waals surface area contributed by atoms with E-state index in [-0.39, 0.29) is 5.91 Å². The molecule has 1 atom stereocenters. The topological polar surface area (TPSA) is 42.0 Å². The average Bonchev–Trinajstić information content (AvgIpc) is 2.72. The fourth-order valence-electron chi connectivity index (χ4n) is 1.44. The molecule has 76 valence electrons. The van der Waals surface area contributed by atoms with Crippen LogP contribution >= 0.6 is 23.1 Å². The maximum atomic E-state index is 11.6. The Balaban J connectivity index is 1.87. The third kappa shape index (κ3) is 2.48. The number of thioether (sulfide) groups is 1. The zero-order valence-electron chi connectivity index (χ0n) is 7.73. The van der Waals surface area contributed by atoms with Crippen LogP contribution in [0.1, 0.15) is 23.3 Å². The second-order valence-corrected chi connectivity index (χ2v) is 5.13. The molecule has 1 aliphatic rings. The van der Waals surface area contributed by atoms with Crippen LogP contribution in [0.3, 0.4) is 0 Å². The van der Waals surface area contributed by atoms with Crippen molar-refractivity contribution in [1.29, 1.82) is 0 Å². The molecule has 1 saturated heterocycles. The second-order valence-electron chi connectivity index (χ2n) is 3.26. The molecule has 0 radical (unpaired) electrons. The highest BCUT2D eigenvalue weighted by Crippen LogP contribution is 2.17. The van der Waals surface area contributed by atoms with Crippen molar-refractivity contribution in [3.8, 4) is 0 Å².